The lowest BCUT2D eigenvalue weighted by molar-refractivity contribution is 0.285. The fourth-order valence-electron chi connectivity index (χ4n) is 4.24. The van der Waals surface area contributed by atoms with Crippen LogP contribution in [-0.4, -0.2) is 26.3 Å². The number of rotatable bonds is 5. The molecule has 2 atom stereocenters. The van der Waals surface area contributed by atoms with E-state index in [1.165, 1.54) is 0 Å². The van der Waals surface area contributed by atoms with Gasteiger partial charge in [-0.05, 0) is 37.1 Å². The van der Waals surface area contributed by atoms with Crippen LogP contribution in [-0.2, 0) is 0 Å². The Hall–Kier alpha value is -3.47. The fraction of sp³-hybridized carbons (Fsp3) is 0.409. The summed E-state index contributed by atoms with van der Waals surface area (Å²) < 4.78 is 11.4. The number of nitrogens with one attached hydrogen (secondary N) is 1. The van der Waals surface area contributed by atoms with E-state index >= 15 is 0 Å². The van der Waals surface area contributed by atoms with Crippen molar-refractivity contribution in [3.8, 4) is 29.7 Å². The number of nitrogens with zero attached hydrogens (tertiary/aromatic N) is 3. The highest BCUT2D eigenvalue weighted by atomic mass is 16.5. The molecule has 148 valence electrons. The fourth-order valence-corrected chi connectivity index (χ4v) is 4.24. The van der Waals surface area contributed by atoms with E-state index in [1.54, 1.807) is 6.07 Å². The number of hydrogen-bond acceptors (Lipinski definition) is 7. The van der Waals surface area contributed by atoms with Crippen molar-refractivity contribution in [2.75, 3.05) is 26.3 Å². The second-order valence-electron chi connectivity index (χ2n) is 6.91. The summed E-state index contributed by atoms with van der Waals surface area (Å²) in [4.78, 5) is 0. The standard InChI is InChI=1S/C22H23N5O2/c1-3-28-18-6-5-14(9-19(18)29-4-2)20-17-11-27-8-7-15(17)16(10-23)21(26)22(20,12-24)13-25/h5-7,9,17,20,27H,3-4,8,11,26H2,1-2H3/t17-,20-/m1/s1. The summed E-state index contributed by atoms with van der Waals surface area (Å²) in [6.07, 6.45) is 1.92. The average Bonchev–Trinajstić information content (AvgIpc) is 2.75. The van der Waals surface area contributed by atoms with Crippen LogP contribution in [0.15, 0.2) is 41.1 Å². The molecule has 1 aliphatic carbocycles. The summed E-state index contributed by atoms with van der Waals surface area (Å²) >= 11 is 0. The predicted molar refractivity (Wildman–Crippen MR) is 106 cm³/mol. The van der Waals surface area contributed by atoms with Gasteiger partial charge in [0.1, 0.15) is 6.07 Å². The van der Waals surface area contributed by atoms with Crippen LogP contribution in [0.4, 0.5) is 0 Å². The van der Waals surface area contributed by atoms with Gasteiger partial charge in [0.05, 0.1) is 36.6 Å². The van der Waals surface area contributed by atoms with Crippen LogP contribution in [0.3, 0.4) is 0 Å². The topological polar surface area (TPSA) is 128 Å². The molecule has 0 spiro atoms. The van der Waals surface area contributed by atoms with Gasteiger partial charge in [0.15, 0.2) is 16.9 Å². The van der Waals surface area contributed by atoms with E-state index in [0.29, 0.717) is 37.8 Å². The predicted octanol–water partition coefficient (Wildman–Crippen LogP) is 2.50. The third-order valence-corrected chi connectivity index (χ3v) is 5.47. The Morgan fingerprint density at radius 3 is 2.45 bits per heavy atom. The van der Waals surface area contributed by atoms with Gasteiger partial charge in [-0.15, -0.1) is 0 Å². The number of nitriles is 3. The van der Waals surface area contributed by atoms with Crippen molar-refractivity contribution in [3.05, 3.63) is 46.7 Å². The monoisotopic (exact) mass is 389 g/mol. The van der Waals surface area contributed by atoms with Crippen molar-refractivity contribution < 1.29 is 9.47 Å². The molecule has 0 saturated carbocycles. The summed E-state index contributed by atoms with van der Waals surface area (Å²) in [6, 6.07) is 11.8. The summed E-state index contributed by atoms with van der Waals surface area (Å²) in [6.45, 7) is 5.86. The molecular formula is C22H23N5O2. The minimum atomic E-state index is -1.65. The molecule has 1 aromatic rings. The van der Waals surface area contributed by atoms with E-state index in [2.05, 4.69) is 23.5 Å². The van der Waals surface area contributed by atoms with Gasteiger partial charge < -0.3 is 20.5 Å². The molecule has 7 nitrogen and oxygen atoms in total. The SMILES string of the molecule is CCOc1ccc([C@@H]2[C@@H]3CNCC=C3C(C#N)=C(N)C2(C#N)C#N)cc1OCC. The largest absolute Gasteiger partial charge is 0.490 e. The van der Waals surface area contributed by atoms with Crippen LogP contribution in [0, 0.1) is 45.3 Å². The Labute approximate surface area is 170 Å². The molecule has 0 aromatic heterocycles. The van der Waals surface area contributed by atoms with E-state index < -0.39 is 11.3 Å². The lowest BCUT2D eigenvalue weighted by atomic mass is 9.58. The smallest absolute Gasteiger partial charge is 0.191 e. The maximum atomic E-state index is 10.1. The van der Waals surface area contributed by atoms with Crippen molar-refractivity contribution in [1.82, 2.24) is 5.32 Å². The Balaban J connectivity index is 2.25. The zero-order valence-corrected chi connectivity index (χ0v) is 16.5. The first kappa shape index (κ1) is 20.3. The number of ether oxygens (including phenoxy) is 2. The molecule has 3 N–H and O–H groups in total. The van der Waals surface area contributed by atoms with Gasteiger partial charge >= 0.3 is 0 Å². The average molecular weight is 389 g/mol. The molecule has 0 amide bonds. The molecule has 29 heavy (non-hydrogen) atoms. The third-order valence-electron chi connectivity index (χ3n) is 5.47. The van der Waals surface area contributed by atoms with Gasteiger partial charge in [-0.25, -0.2) is 0 Å². The van der Waals surface area contributed by atoms with E-state index in [1.807, 2.05) is 32.1 Å². The molecule has 1 aromatic carbocycles. The number of fused-ring (bicyclic) bond motifs is 1. The summed E-state index contributed by atoms with van der Waals surface area (Å²) in [5.74, 6) is 0.368. The lowest BCUT2D eigenvalue weighted by Crippen LogP contribution is -2.46. The number of nitrogens with two attached hydrogens (primary N) is 1. The maximum absolute atomic E-state index is 10.1. The van der Waals surface area contributed by atoms with Crippen LogP contribution < -0.4 is 20.5 Å². The highest BCUT2D eigenvalue weighted by Gasteiger charge is 2.54. The minimum Gasteiger partial charge on any atom is -0.490 e. The number of benzene rings is 1. The minimum absolute atomic E-state index is 0.0197. The van der Waals surface area contributed by atoms with Crippen LogP contribution in [0.1, 0.15) is 25.3 Å². The molecule has 0 unspecified atom stereocenters. The van der Waals surface area contributed by atoms with Crippen molar-refractivity contribution in [3.63, 3.8) is 0 Å². The zero-order chi connectivity index (χ0) is 21.0. The molecule has 0 radical (unpaired) electrons. The molecule has 0 saturated heterocycles. The lowest BCUT2D eigenvalue weighted by Gasteiger charge is -2.43. The van der Waals surface area contributed by atoms with Crippen molar-refractivity contribution >= 4 is 0 Å². The molecule has 7 heteroatoms. The summed E-state index contributed by atoms with van der Waals surface area (Å²) in [7, 11) is 0. The van der Waals surface area contributed by atoms with E-state index in [0.717, 1.165) is 11.1 Å². The first-order valence-electron chi connectivity index (χ1n) is 9.61. The van der Waals surface area contributed by atoms with E-state index in [9.17, 15) is 15.8 Å². The third kappa shape index (κ3) is 3.18. The van der Waals surface area contributed by atoms with Crippen molar-refractivity contribution in [2.24, 2.45) is 17.1 Å². The molecule has 3 rings (SSSR count). The van der Waals surface area contributed by atoms with Crippen LogP contribution in [0.25, 0.3) is 0 Å². The van der Waals surface area contributed by atoms with Gasteiger partial charge in [-0.2, -0.15) is 15.8 Å². The van der Waals surface area contributed by atoms with Gasteiger partial charge in [-0.3, -0.25) is 0 Å². The molecule has 0 fully saturated rings. The quantitative estimate of drug-likeness (QED) is 0.791. The molecule has 2 aliphatic rings. The van der Waals surface area contributed by atoms with Gasteiger partial charge in [0, 0.05) is 24.9 Å². The molecule has 1 heterocycles. The van der Waals surface area contributed by atoms with Crippen molar-refractivity contribution in [2.45, 2.75) is 19.8 Å². The first-order chi connectivity index (χ1) is 14.1. The Kier molecular flexibility index (Phi) is 5.78. The Morgan fingerprint density at radius 1 is 1.14 bits per heavy atom. The second kappa shape index (κ2) is 8.27. The van der Waals surface area contributed by atoms with Gasteiger partial charge in [-0.1, -0.05) is 12.1 Å². The normalized spacial score (nSPS) is 22.4. The Bertz CT molecular complexity index is 976. The van der Waals surface area contributed by atoms with Crippen LogP contribution >= 0.6 is 0 Å². The van der Waals surface area contributed by atoms with Crippen LogP contribution in [0.5, 0.6) is 11.5 Å². The summed E-state index contributed by atoms with van der Waals surface area (Å²) in [5.41, 5.74) is 6.45. The van der Waals surface area contributed by atoms with Gasteiger partial charge in [0.2, 0.25) is 0 Å². The molecular weight excluding hydrogens is 366 g/mol. The van der Waals surface area contributed by atoms with E-state index in [4.69, 9.17) is 15.2 Å². The highest BCUT2D eigenvalue weighted by Crippen LogP contribution is 2.54. The highest BCUT2D eigenvalue weighted by molar-refractivity contribution is 5.60. The maximum Gasteiger partial charge on any atom is 0.191 e. The first-order valence-corrected chi connectivity index (χ1v) is 9.61. The number of allylic oxidation sites excluding steroid dienone is 2. The molecule has 1 aliphatic heterocycles. The van der Waals surface area contributed by atoms with E-state index in [-0.39, 0.29) is 17.2 Å². The Morgan fingerprint density at radius 2 is 1.83 bits per heavy atom. The van der Waals surface area contributed by atoms with Crippen molar-refractivity contribution in [1.29, 1.82) is 15.8 Å². The summed E-state index contributed by atoms with van der Waals surface area (Å²) in [5, 5.41) is 33.1. The second-order valence-corrected chi connectivity index (χ2v) is 6.91. The molecule has 0 bridgehead atoms. The van der Waals surface area contributed by atoms with Gasteiger partial charge in [0.25, 0.3) is 0 Å². The van der Waals surface area contributed by atoms with Crippen LogP contribution in [0.2, 0.25) is 0 Å². The zero-order valence-electron chi connectivity index (χ0n) is 16.5. The number of hydrogen-bond donors (Lipinski definition) is 2.